The number of ether oxygens (including phenoxy) is 1. The summed E-state index contributed by atoms with van der Waals surface area (Å²) in [4.78, 5) is 25.9. The van der Waals surface area contributed by atoms with Gasteiger partial charge in [-0.25, -0.2) is 4.79 Å². The second-order valence-corrected chi connectivity index (χ2v) is 7.44. The van der Waals surface area contributed by atoms with Gasteiger partial charge in [0.1, 0.15) is 5.75 Å². The second-order valence-electron chi connectivity index (χ2n) is 6.62. The molecule has 7 heteroatoms. The van der Waals surface area contributed by atoms with Crippen LogP contribution in [0.25, 0.3) is 0 Å². The molecule has 0 spiro atoms. The number of hydrogen-bond donors (Lipinski definition) is 2. The van der Waals surface area contributed by atoms with Crippen LogP contribution in [0.2, 0.25) is 10.0 Å². The lowest BCUT2D eigenvalue weighted by molar-refractivity contribution is -0.145. The zero-order valence-corrected chi connectivity index (χ0v) is 17.6. The summed E-state index contributed by atoms with van der Waals surface area (Å²) in [5, 5.41) is 13.3. The van der Waals surface area contributed by atoms with Gasteiger partial charge in [-0.1, -0.05) is 77.8 Å². The standard InChI is InChI=1S/C23H19Cl2NO4/c1-30-19-13-6-5-10-16(19)23(22(28)29,14-15-8-3-2-4-9-15)26-21(27)20-17(24)11-7-12-18(20)25/h2-13H,14H2,1H3,(H,26,27)(H,28,29)/t23-/m1/s1. The van der Waals surface area contributed by atoms with Crippen molar-refractivity contribution in [2.45, 2.75) is 12.0 Å². The van der Waals surface area contributed by atoms with Gasteiger partial charge in [-0.15, -0.1) is 0 Å². The Labute approximate surface area is 184 Å². The summed E-state index contributed by atoms with van der Waals surface area (Å²) in [6, 6.07) is 20.3. The number of hydrogen-bond acceptors (Lipinski definition) is 3. The van der Waals surface area contributed by atoms with Crippen LogP contribution in [0.1, 0.15) is 21.5 Å². The molecule has 0 aliphatic heterocycles. The number of para-hydroxylation sites is 1. The highest BCUT2D eigenvalue weighted by Crippen LogP contribution is 2.35. The maximum absolute atomic E-state index is 13.2. The Hall–Kier alpha value is -3.02. The number of carboxylic acid groups (broad SMARTS) is 1. The molecular formula is C23H19Cl2NO4. The third kappa shape index (κ3) is 4.27. The number of carboxylic acids is 1. The average Bonchev–Trinajstić information content (AvgIpc) is 2.73. The van der Waals surface area contributed by atoms with Crippen LogP contribution < -0.4 is 10.1 Å². The molecule has 30 heavy (non-hydrogen) atoms. The van der Waals surface area contributed by atoms with E-state index in [1.807, 2.05) is 6.07 Å². The van der Waals surface area contributed by atoms with Crippen molar-refractivity contribution in [2.75, 3.05) is 7.11 Å². The van der Waals surface area contributed by atoms with Crippen LogP contribution in [-0.2, 0) is 16.8 Å². The van der Waals surface area contributed by atoms with Gasteiger partial charge in [-0.3, -0.25) is 4.79 Å². The molecule has 3 aromatic carbocycles. The number of methoxy groups -OCH3 is 1. The number of benzene rings is 3. The minimum Gasteiger partial charge on any atom is -0.496 e. The Balaban J connectivity index is 2.17. The van der Waals surface area contributed by atoms with Gasteiger partial charge in [0.25, 0.3) is 5.91 Å². The summed E-state index contributed by atoms with van der Waals surface area (Å²) in [6.45, 7) is 0. The zero-order valence-electron chi connectivity index (χ0n) is 16.1. The van der Waals surface area contributed by atoms with E-state index in [2.05, 4.69) is 5.32 Å². The molecule has 0 aliphatic rings. The maximum Gasteiger partial charge on any atom is 0.334 e. The van der Waals surface area contributed by atoms with Gasteiger partial charge in [0.2, 0.25) is 0 Å². The van der Waals surface area contributed by atoms with Crippen LogP contribution >= 0.6 is 23.2 Å². The van der Waals surface area contributed by atoms with E-state index < -0.39 is 17.4 Å². The summed E-state index contributed by atoms with van der Waals surface area (Å²) in [6.07, 6.45) is -0.0165. The fourth-order valence-electron chi connectivity index (χ4n) is 3.32. The summed E-state index contributed by atoms with van der Waals surface area (Å²) in [7, 11) is 1.45. The molecule has 0 saturated heterocycles. The minimum atomic E-state index is -1.83. The molecule has 0 aromatic heterocycles. The first kappa shape index (κ1) is 21.7. The second kappa shape index (κ2) is 9.20. The fraction of sp³-hybridized carbons (Fsp3) is 0.130. The molecule has 0 fully saturated rings. The van der Waals surface area contributed by atoms with E-state index in [9.17, 15) is 14.7 Å². The predicted octanol–water partition coefficient (Wildman–Crippen LogP) is 4.95. The van der Waals surface area contributed by atoms with Crippen molar-refractivity contribution in [3.8, 4) is 5.75 Å². The highest BCUT2D eigenvalue weighted by molar-refractivity contribution is 6.39. The first-order chi connectivity index (χ1) is 14.4. The van der Waals surface area contributed by atoms with Gasteiger partial charge < -0.3 is 15.2 Å². The molecule has 3 rings (SSSR count). The minimum absolute atomic E-state index is 0.00872. The van der Waals surface area contributed by atoms with E-state index in [4.69, 9.17) is 27.9 Å². The number of aliphatic carboxylic acids is 1. The molecule has 0 heterocycles. The van der Waals surface area contributed by atoms with E-state index >= 15 is 0 Å². The van der Waals surface area contributed by atoms with Crippen molar-refractivity contribution < 1.29 is 19.4 Å². The molecule has 0 unspecified atom stereocenters. The van der Waals surface area contributed by atoms with E-state index in [0.29, 0.717) is 11.3 Å². The van der Waals surface area contributed by atoms with Crippen molar-refractivity contribution in [3.63, 3.8) is 0 Å². The topological polar surface area (TPSA) is 75.6 Å². The third-order valence-electron chi connectivity index (χ3n) is 4.76. The number of nitrogens with one attached hydrogen (secondary N) is 1. The number of rotatable bonds is 7. The van der Waals surface area contributed by atoms with Crippen LogP contribution in [0.5, 0.6) is 5.75 Å². The zero-order chi connectivity index (χ0) is 21.7. The fourth-order valence-corrected chi connectivity index (χ4v) is 3.89. The Kier molecular flexibility index (Phi) is 6.65. The Bertz CT molecular complexity index is 1050. The monoisotopic (exact) mass is 443 g/mol. The van der Waals surface area contributed by atoms with Crippen molar-refractivity contribution in [1.29, 1.82) is 0 Å². The molecule has 0 bridgehead atoms. The summed E-state index contributed by atoms with van der Waals surface area (Å²) < 4.78 is 5.41. The lowest BCUT2D eigenvalue weighted by Crippen LogP contribution is -2.53. The first-order valence-corrected chi connectivity index (χ1v) is 9.82. The highest BCUT2D eigenvalue weighted by Gasteiger charge is 2.44. The van der Waals surface area contributed by atoms with Crippen LogP contribution in [0.15, 0.2) is 72.8 Å². The molecule has 0 saturated carbocycles. The molecule has 2 N–H and O–H groups in total. The van der Waals surface area contributed by atoms with Crippen molar-refractivity contribution in [3.05, 3.63) is 99.5 Å². The SMILES string of the molecule is COc1ccccc1[C@@](Cc1ccccc1)(NC(=O)c1c(Cl)cccc1Cl)C(=O)O. The average molecular weight is 444 g/mol. The molecule has 3 aromatic rings. The molecule has 154 valence electrons. The van der Waals surface area contributed by atoms with Crippen molar-refractivity contribution >= 4 is 35.1 Å². The van der Waals surface area contributed by atoms with Crippen molar-refractivity contribution in [2.24, 2.45) is 0 Å². The van der Waals surface area contributed by atoms with E-state index in [1.54, 1.807) is 54.6 Å². The van der Waals surface area contributed by atoms with Gasteiger partial charge in [-0.05, 0) is 23.8 Å². The summed E-state index contributed by atoms with van der Waals surface area (Å²) >= 11 is 12.4. The Morgan fingerprint density at radius 3 is 2.13 bits per heavy atom. The van der Waals surface area contributed by atoms with Crippen LogP contribution in [0.4, 0.5) is 0 Å². The Morgan fingerprint density at radius 1 is 0.933 bits per heavy atom. The quantitative estimate of drug-likeness (QED) is 0.541. The van der Waals surface area contributed by atoms with Gasteiger partial charge in [0.15, 0.2) is 5.54 Å². The van der Waals surface area contributed by atoms with Crippen LogP contribution in [-0.4, -0.2) is 24.1 Å². The summed E-state index contributed by atoms with van der Waals surface area (Å²) in [5.74, 6) is -1.61. The van der Waals surface area contributed by atoms with E-state index in [1.165, 1.54) is 19.2 Å². The number of carbonyl (C=O) groups is 2. The maximum atomic E-state index is 13.2. The van der Waals surface area contributed by atoms with Gasteiger partial charge >= 0.3 is 5.97 Å². The Morgan fingerprint density at radius 2 is 1.53 bits per heavy atom. The normalized spacial score (nSPS) is 12.6. The van der Waals surface area contributed by atoms with Gasteiger partial charge in [-0.2, -0.15) is 0 Å². The third-order valence-corrected chi connectivity index (χ3v) is 5.39. The number of amides is 1. The molecular weight excluding hydrogens is 425 g/mol. The molecule has 1 amide bonds. The largest absolute Gasteiger partial charge is 0.496 e. The highest BCUT2D eigenvalue weighted by atomic mass is 35.5. The first-order valence-electron chi connectivity index (χ1n) is 9.06. The lowest BCUT2D eigenvalue weighted by atomic mass is 9.82. The predicted molar refractivity (Wildman–Crippen MR) is 116 cm³/mol. The smallest absolute Gasteiger partial charge is 0.334 e. The van der Waals surface area contributed by atoms with Crippen LogP contribution in [0, 0.1) is 0 Å². The lowest BCUT2D eigenvalue weighted by Gasteiger charge is -2.32. The van der Waals surface area contributed by atoms with Gasteiger partial charge in [0, 0.05) is 12.0 Å². The number of halogens is 2. The molecule has 5 nitrogen and oxygen atoms in total. The van der Waals surface area contributed by atoms with E-state index in [-0.39, 0.29) is 22.0 Å². The van der Waals surface area contributed by atoms with Gasteiger partial charge in [0.05, 0.1) is 22.7 Å². The molecule has 0 radical (unpaired) electrons. The summed E-state index contributed by atoms with van der Waals surface area (Å²) in [5.41, 5.74) is -0.792. The van der Waals surface area contributed by atoms with Crippen molar-refractivity contribution in [1.82, 2.24) is 5.32 Å². The van der Waals surface area contributed by atoms with Crippen LogP contribution in [0.3, 0.4) is 0 Å². The molecule has 1 atom stereocenters. The molecule has 0 aliphatic carbocycles. The number of carbonyl (C=O) groups excluding carboxylic acids is 1. The van der Waals surface area contributed by atoms with E-state index in [0.717, 1.165) is 5.56 Å².